The van der Waals surface area contributed by atoms with Gasteiger partial charge in [-0.2, -0.15) is 0 Å². The number of nitrogens with one attached hydrogen (secondary N) is 1. The van der Waals surface area contributed by atoms with Crippen molar-refractivity contribution in [1.82, 2.24) is 19.7 Å². The zero-order valence-electron chi connectivity index (χ0n) is 17.1. The molecular weight excluding hydrogens is 447 g/mol. The Labute approximate surface area is 195 Å². The maximum atomic E-state index is 13.2. The van der Waals surface area contributed by atoms with Crippen molar-refractivity contribution in [2.75, 3.05) is 6.54 Å². The van der Waals surface area contributed by atoms with Crippen LogP contribution in [0.4, 0.5) is 0 Å². The van der Waals surface area contributed by atoms with Crippen LogP contribution in [0, 0.1) is 0 Å². The van der Waals surface area contributed by atoms with Gasteiger partial charge in [0.2, 0.25) is 5.78 Å². The fraction of sp³-hybridized carbons (Fsp3) is 0.208. The van der Waals surface area contributed by atoms with Crippen LogP contribution in [0.2, 0.25) is 10.0 Å². The molecule has 6 nitrogen and oxygen atoms in total. The van der Waals surface area contributed by atoms with E-state index in [1.54, 1.807) is 28.9 Å². The van der Waals surface area contributed by atoms with Gasteiger partial charge in [0.1, 0.15) is 5.75 Å². The summed E-state index contributed by atoms with van der Waals surface area (Å²) in [4.78, 5) is 21.7. The quantitative estimate of drug-likeness (QED) is 0.380. The van der Waals surface area contributed by atoms with Gasteiger partial charge in [0.05, 0.1) is 6.20 Å². The summed E-state index contributed by atoms with van der Waals surface area (Å²) in [6.45, 7) is 0.398. The van der Waals surface area contributed by atoms with Gasteiger partial charge in [-0.25, -0.2) is 9.97 Å². The summed E-state index contributed by atoms with van der Waals surface area (Å²) >= 11 is 12.2. The lowest BCUT2D eigenvalue weighted by atomic mass is 10.1. The number of halogens is 2. The van der Waals surface area contributed by atoms with E-state index in [0.29, 0.717) is 51.9 Å². The van der Waals surface area contributed by atoms with Crippen molar-refractivity contribution in [3.8, 4) is 11.5 Å². The highest BCUT2D eigenvalue weighted by atomic mass is 35.5. The Kier molecular flexibility index (Phi) is 5.72. The van der Waals surface area contributed by atoms with Gasteiger partial charge >= 0.3 is 0 Å². The maximum Gasteiger partial charge on any atom is 0.272 e. The van der Waals surface area contributed by atoms with Crippen LogP contribution in [0.15, 0.2) is 61.1 Å². The number of imidazole rings is 1. The van der Waals surface area contributed by atoms with E-state index in [4.69, 9.17) is 27.9 Å². The molecule has 0 aliphatic heterocycles. The summed E-state index contributed by atoms with van der Waals surface area (Å²) < 4.78 is 7.75. The number of benzene rings is 2. The van der Waals surface area contributed by atoms with Gasteiger partial charge in [0.15, 0.2) is 11.4 Å². The first-order valence-corrected chi connectivity index (χ1v) is 11.2. The molecule has 32 heavy (non-hydrogen) atoms. The third kappa shape index (κ3) is 4.42. The predicted molar refractivity (Wildman–Crippen MR) is 124 cm³/mol. The molecule has 1 N–H and O–H groups in total. The van der Waals surface area contributed by atoms with E-state index in [2.05, 4.69) is 21.4 Å². The average Bonchev–Trinajstić information content (AvgIpc) is 3.53. The molecule has 8 heteroatoms. The number of rotatable bonds is 7. The van der Waals surface area contributed by atoms with Crippen LogP contribution in [-0.4, -0.2) is 26.8 Å². The van der Waals surface area contributed by atoms with Crippen molar-refractivity contribution in [1.29, 1.82) is 0 Å². The van der Waals surface area contributed by atoms with Crippen molar-refractivity contribution in [2.45, 2.75) is 25.2 Å². The van der Waals surface area contributed by atoms with Crippen LogP contribution in [0.1, 0.15) is 40.4 Å². The molecule has 0 bridgehead atoms. The Morgan fingerprint density at radius 3 is 2.84 bits per heavy atom. The number of ether oxygens (including phenoxy) is 1. The van der Waals surface area contributed by atoms with Crippen LogP contribution >= 0.6 is 23.2 Å². The molecule has 2 aromatic carbocycles. The number of carbonyl (C=O) groups is 1. The molecule has 1 fully saturated rings. The molecule has 2 heterocycles. The van der Waals surface area contributed by atoms with E-state index < -0.39 is 0 Å². The molecule has 1 aliphatic rings. The molecule has 1 amide bonds. The average molecular weight is 467 g/mol. The summed E-state index contributed by atoms with van der Waals surface area (Å²) in [5.41, 5.74) is 2.50. The second-order valence-electron chi connectivity index (χ2n) is 7.76. The smallest absolute Gasteiger partial charge is 0.272 e. The molecule has 0 radical (unpaired) electrons. The molecule has 0 atom stereocenters. The third-order valence-corrected chi connectivity index (χ3v) is 6.02. The minimum atomic E-state index is -0.283. The van der Waals surface area contributed by atoms with Gasteiger partial charge in [0.25, 0.3) is 5.91 Å². The largest absolute Gasteiger partial charge is 0.453 e. The third-order valence-electron chi connectivity index (χ3n) is 5.44. The topological polar surface area (TPSA) is 68.5 Å². The minimum absolute atomic E-state index is 0.283. The van der Waals surface area contributed by atoms with Crippen molar-refractivity contribution in [2.24, 2.45) is 0 Å². The summed E-state index contributed by atoms with van der Waals surface area (Å²) in [5, 5.41) is 4.10. The molecule has 0 unspecified atom stereocenters. The van der Waals surface area contributed by atoms with Crippen LogP contribution in [0.3, 0.4) is 0 Å². The van der Waals surface area contributed by atoms with Crippen molar-refractivity contribution in [3.63, 3.8) is 0 Å². The van der Waals surface area contributed by atoms with E-state index in [0.717, 1.165) is 5.56 Å². The Hall–Kier alpha value is -3.09. The highest BCUT2D eigenvalue weighted by molar-refractivity contribution is 6.35. The number of amides is 1. The molecule has 162 valence electrons. The predicted octanol–water partition coefficient (Wildman–Crippen LogP) is 5.68. The lowest BCUT2D eigenvalue weighted by Crippen LogP contribution is -2.28. The Morgan fingerprint density at radius 1 is 1.16 bits per heavy atom. The summed E-state index contributed by atoms with van der Waals surface area (Å²) in [7, 11) is 0. The van der Waals surface area contributed by atoms with Crippen molar-refractivity contribution < 1.29 is 9.53 Å². The Balaban J connectivity index is 1.37. The summed E-state index contributed by atoms with van der Waals surface area (Å²) in [6, 6.07) is 13.3. The van der Waals surface area contributed by atoms with E-state index in [-0.39, 0.29) is 5.91 Å². The first kappa shape index (κ1) is 20.8. The van der Waals surface area contributed by atoms with Gasteiger partial charge in [-0.1, -0.05) is 41.4 Å². The summed E-state index contributed by atoms with van der Waals surface area (Å²) in [5.74, 6) is 1.79. The molecule has 2 aromatic heterocycles. The maximum absolute atomic E-state index is 13.2. The van der Waals surface area contributed by atoms with Crippen molar-refractivity contribution >= 4 is 34.9 Å². The fourth-order valence-electron chi connectivity index (χ4n) is 3.65. The second-order valence-corrected chi connectivity index (χ2v) is 8.60. The number of nitrogens with zero attached hydrogens (tertiary/aromatic N) is 3. The van der Waals surface area contributed by atoms with Gasteiger partial charge in [-0.15, -0.1) is 0 Å². The van der Waals surface area contributed by atoms with E-state index in [1.165, 1.54) is 24.6 Å². The van der Waals surface area contributed by atoms with Crippen LogP contribution < -0.4 is 10.1 Å². The highest BCUT2D eigenvalue weighted by Crippen LogP contribution is 2.41. The minimum Gasteiger partial charge on any atom is -0.453 e. The van der Waals surface area contributed by atoms with E-state index >= 15 is 0 Å². The zero-order valence-corrected chi connectivity index (χ0v) is 18.6. The SMILES string of the molecule is O=C(NCCc1ccc(Cl)cc1Cl)c1c(Oc2cccc(C3CC3)c2)cnc2nccn12. The van der Waals surface area contributed by atoms with Gasteiger partial charge in [0, 0.05) is 29.0 Å². The molecule has 1 saturated carbocycles. The summed E-state index contributed by atoms with van der Waals surface area (Å²) in [6.07, 6.45) is 7.82. The van der Waals surface area contributed by atoms with Crippen LogP contribution in [0.5, 0.6) is 11.5 Å². The highest BCUT2D eigenvalue weighted by Gasteiger charge is 2.24. The number of hydrogen-bond donors (Lipinski definition) is 1. The van der Waals surface area contributed by atoms with Crippen LogP contribution in [-0.2, 0) is 6.42 Å². The molecule has 5 rings (SSSR count). The number of carbonyl (C=O) groups excluding carboxylic acids is 1. The fourth-order valence-corrected chi connectivity index (χ4v) is 4.16. The second kappa shape index (κ2) is 8.81. The van der Waals surface area contributed by atoms with Crippen LogP contribution in [0.25, 0.3) is 5.78 Å². The molecule has 1 aliphatic carbocycles. The Morgan fingerprint density at radius 2 is 2.03 bits per heavy atom. The lowest BCUT2D eigenvalue weighted by molar-refractivity contribution is 0.0945. The molecular formula is C24H20Cl2N4O2. The van der Waals surface area contributed by atoms with Gasteiger partial charge in [-0.3, -0.25) is 9.20 Å². The molecule has 0 saturated heterocycles. The monoisotopic (exact) mass is 466 g/mol. The zero-order chi connectivity index (χ0) is 22.1. The van der Waals surface area contributed by atoms with E-state index in [9.17, 15) is 4.79 Å². The standard InChI is InChI=1S/C24H20Cl2N4O2/c25-18-7-6-16(20(26)13-18)8-9-27-23(31)22-21(14-29-24-28-10-11-30(22)24)32-19-3-1-2-17(12-19)15-4-5-15/h1-3,6-7,10-15H,4-5,8-9H2,(H,27,31). The Bertz CT molecular complexity index is 1300. The van der Waals surface area contributed by atoms with Gasteiger partial charge < -0.3 is 10.1 Å². The first-order chi connectivity index (χ1) is 15.6. The molecule has 4 aromatic rings. The number of aromatic nitrogens is 3. The number of fused-ring (bicyclic) bond motifs is 1. The number of hydrogen-bond acceptors (Lipinski definition) is 4. The van der Waals surface area contributed by atoms with Crippen molar-refractivity contribution in [3.05, 3.63) is 87.9 Å². The normalized spacial score (nSPS) is 13.3. The van der Waals surface area contributed by atoms with Gasteiger partial charge in [-0.05, 0) is 60.6 Å². The van der Waals surface area contributed by atoms with E-state index in [1.807, 2.05) is 24.3 Å². The molecule has 0 spiro atoms. The first-order valence-electron chi connectivity index (χ1n) is 10.4. The lowest BCUT2D eigenvalue weighted by Gasteiger charge is -2.14.